The fraction of sp³-hybridized carbons (Fsp3) is 0.647. The predicted molar refractivity (Wildman–Crippen MR) is 86.8 cm³/mol. The Morgan fingerprint density at radius 1 is 1.48 bits per heavy atom. The van der Waals surface area contributed by atoms with Crippen molar-refractivity contribution in [3.05, 3.63) is 29.3 Å². The van der Waals surface area contributed by atoms with Crippen molar-refractivity contribution in [2.24, 2.45) is 5.73 Å². The van der Waals surface area contributed by atoms with Crippen LogP contribution in [-0.2, 0) is 11.2 Å². The molecule has 0 bridgehead atoms. The quantitative estimate of drug-likeness (QED) is 0.917. The van der Waals surface area contributed by atoms with E-state index in [1.807, 2.05) is 0 Å². The van der Waals surface area contributed by atoms with Gasteiger partial charge in [0.25, 0.3) is 0 Å². The third-order valence-corrected chi connectivity index (χ3v) is 5.19. The summed E-state index contributed by atoms with van der Waals surface area (Å²) in [6, 6.07) is 7.59. The molecule has 2 heterocycles. The summed E-state index contributed by atoms with van der Waals surface area (Å²) in [4.78, 5) is 4.74. The van der Waals surface area contributed by atoms with Crippen LogP contribution >= 0.6 is 0 Å². The highest BCUT2D eigenvalue weighted by molar-refractivity contribution is 5.58. The van der Waals surface area contributed by atoms with Crippen molar-refractivity contribution in [2.75, 3.05) is 38.7 Å². The molecular weight excluding hydrogens is 262 g/mol. The number of fused-ring (bicyclic) bond motifs is 1. The average molecular weight is 289 g/mol. The maximum atomic E-state index is 6.10. The molecular formula is C17H27N3O. The van der Waals surface area contributed by atoms with Gasteiger partial charge in [0.05, 0.1) is 6.10 Å². The van der Waals surface area contributed by atoms with Crippen LogP contribution < -0.4 is 10.6 Å². The van der Waals surface area contributed by atoms with E-state index in [0.717, 1.165) is 26.0 Å². The van der Waals surface area contributed by atoms with Gasteiger partial charge in [-0.3, -0.25) is 4.90 Å². The molecule has 4 nitrogen and oxygen atoms in total. The zero-order chi connectivity index (χ0) is 15.0. The highest BCUT2D eigenvalue weighted by atomic mass is 16.5. The largest absolute Gasteiger partial charge is 0.377 e. The molecule has 1 saturated heterocycles. The summed E-state index contributed by atoms with van der Waals surface area (Å²) >= 11 is 0. The van der Waals surface area contributed by atoms with E-state index in [1.54, 1.807) is 0 Å². The summed E-state index contributed by atoms with van der Waals surface area (Å²) in [5.41, 5.74) is 10.3. The first-order chi connectivity index (χ1) is 10.1. The maximum Gasteiger partial charge on any atom is 0.0703 e. The second kappa shape index (κ2) is 5.95. The van der Waals surface area contributed by atoms with Gasteiger partial charge in [-0.25, -0.2) is 0 Å². The molecule has 2 N–H and O–H groups in total. The minimum Gasteiger partial charge on any atom is -0.377 e. The molecule has 3 atom stereocenters. The van der Waals surface area contributed by atoms with Crippen molar-refractivity contribution in [2.45, 2.75) is 38.0 Å². The fourth-order valence-electron chi connectivity index (χ4n) is 3.82. The standard InChI is InChI=1S/C17H27N3O/c1-12-15(7-9-21-12)20(3)17(11-18)13-4-5-16-14(10-13)6-8-19(16)2/h4-5,10,12,15,17H,6-9,11,18H2,1-3H3. The molecule has 1 aromatic rings. The summed E-state index contributed by atoms with van der Waals surface area (Å²) < 4.78 is 5.72. The topological polar surface area (TPSA) is 41.7 Å². The Morgan fingerprint density at radius 2 is 2.29 bits per heavy atom. The van der Waals surface area contributed by atoms with Crippen LogP contribution in [0.5, 0.6) is 0 Å². The van der Waals surface area contributed by atoms with Crippen molar-refractivity contribution in [3.63, 3.8) is 0 Å². The van der Waals surface area contributed by atoms with Crippen LogP contribution in [0.2, 0.25) is 0 Å². The molecule has 0 aliphatic carbocycles. The van der Waals surface area contributed by atoms with Crippen LogP contribution in [0.25, 0.3) is 0 Å². The molecule has 0 saturated carbocycles. The van der Waals surface area contributed by atoms with Gasteiger partial charge in [0, 0.05) is 44.5 Å². The summed E-state index contributed by atoms with van der Waals surface area (Å²) in [6.07, 6.45) is 2.54. The molecule has 0 radical (unpaired) electrons. The van der Waals surface area contributed by atoms with Gasteiger partial charge in [0.2, 0.25) is 0 Å². The summed E-state index contributed by atoms with van der Waals surface area (Å²) in [5, 5.41) is 0. The molecule has 0 amide bonds. The number of ether oxygens (including phenoxy) is 1. The molecule has 2 aliphatic heterocycles. The van der Waals surface area contributed by atoms with E-state index in [-0.39, 0.29) is 6.04 Å². The number of benzene rings is 1. The first-order valence-corrected chi connectivity index (χ1v) is 7.99. The first-order valence-electron chi connectivity index (χ1n) is 7.99. The van der Waals surface area contributed by atoms with Crippen LogP contribution in [0.15, 0.2) is 18.2 Å². The van der Waals surface area contributed by atoms with Crippen molar-refractivity contribution >= 4 is 5.69 Å². The van der Waals surface area contributed by atoms with Gasteiger partial charge in [-0.1, -0.05) is 12.1 Å². The average Bonchev–Trinajstić information content (AvgIpc) is 3.06. The SMILES string of the molecule is CC1OCCC1N(C)C(CN)c1ccc2c(c1)CCN2C. The number of anilines is 1. The summed E-state index contributed by atoms with van der Waals surface area (Å²) in [7, 11) is 4.35. The molecule has 2 aliphatic rings. The normalized spacial score (nSPS) is 26.4. The van der Waals surface area contributed by atoms with E-state index < -0.39 is 0 Å². The van der Waals surface area contributed by atoms with Crippen LogP contribution in [0.1, 0.15) is 30.5 Å². The zero-order valence-electron chi connectivity index (χ0n) is 13.4. The molecule has 3 rings (SSSR count). The molecule has 0 spiro atoms. The van der Waals surface area contributed by atoms with E-state index in [4.69, 9.17) is 10.5 Å². The van der Waals surface area contributed by atoms with Crippen LogP contribution in [0.4, 0.5) is 5.69 Å². The summed E-state index contributed by atoms with van der Waals surface area (Å²) in [6.45, 7) is 4.80. The molecule has 1 aromatic carbocycles. The third-order valence-electron chi connectivity index (χ3n) is 5.19. The Balaban J connectivity index is 1.83. The maximum absolute atomic E-state index is 6.10. The van der Waals surface area contributed by atoms with Crippen LogP contribution in [0.3, 0.4) is 0 Å². The number of likely N-dealkylation sites (N-methyl/N-ethyl adjacent to an activating group) is 2. The highest BCUT2D eigenvalue weighted by Gasteiger charge is 2.32. The van der Waals surface area contributed by atoms with Gasteiger partial charge in [-0.2, -0.15) is 0 Å². The minimum atomic E-state index is 0.273. The molecule has 21 heavy (non-hydrogen) atoms. The Hall–Kier alpha value is -1.10. The lowest BCUT2D eigenvalue weighted by Gasteiger charge is -2.34. The third kappa shape index (κ3) is 2.68. The monoisotopic (exact) mass is 289 g/mol. The Kier molecular flexibility index (Phi) is 4.20. The Morgan fingerprint density at radius 3 is 2.95 bits per heavy atom. The fourth-order valence-corrected chi connectivity index (χ4v) is 3.82. The van der Waals surface area contributed by atoms with Gasteiger partial charge in [-0.05, 0) is 44.0 Å². The molecule has 3 unspecified atom stereocenters. The van der Waals surface area contributed by atoms with E-state index in [2.05, 4.69) is 49.0 Å². The molecule has 1 fully saturated rings. The predicted octanol–water partition coefficient (Wildman–Crippen LogP) is 1.79. The summed E-state index contributed by atoms with van der Waals surface area (Å²) in [5.74, 6) is 0. The highest BCUT2D eigenvalue weighted by Crippen LogP contribution is 2.32. The number of rotatable bonds is 4. The van der Waals surface area contributed by atoms with Crippen LogP contribution in [0, 0.1) is 0 Å². The lowest BCUT2D eigenvalue weighted by atomic mass is 9.98. The van der Waals surface area contributed by atoms with Crippen molar-refractivity contribution in [3.8, 4) is 0 Å². The van der Waals surface area contributed by atoms with Gasteiger partial charge in [0.15, 0.2) is 0 Å². The minimum absolute atomic E-state index is 0.273. The zero-order valence-corrected chi connectivity index (χ0v) is 13.4. The first kappa shape index (κ1) is 14.8. The van der Waals surface area contributed by atoms with Crippen molar-refractivity contribution < 1.29 is 4.74 Å². The molecule has 116 valence electrons. The Bertz CT molecular complexity index is 505. The smallest absolute Gasteiger partial charge is 0.0703 e. The molecule has 0 aromatic heterocycles. The lowest BCUT2D eigenvalue weighted by molar-refractivity contribution is 0.0686. The lowest BCUT2D eigenvalue weighted by Crippen LogP contribution is -2.42. The van der Waals surface area contributed by atoms with Crippen LogP contribution in [-0.4, -0.2) is 50.8 Å². The van der Waals surface area contributed by atoms with Gasteiger partial charge in [0.1, 0.15) is 0 Å². The van der Waals surface area contributed by atoms with E-state index in [9.17, 15) is 0 Å². The number of hydrogen-bond donors (Lipinski definition) is 1. The number of nitrogens with zero attached hydrogens (tertiary/aromatic N) is 2. The number of hydrogen-bond acceptors (Lipinski definition) is 4. The van der Waals surface area contributed by atoms with E-state index in [1.165, 1.54) is 16.8 Å². The van der Waals surface area contributed by atoms with Crippen molar-refractivity contribution in [1.82, 2.24) is 4.90 Å². The van der Waals surface area contributed by atoms with E-state index in [0.29, 0.717) is 18.7 Å². The van der Waals surface area contributed by atoms with Crippen molar-refractivity contribution in [1.29, 1.82) is 0 Å². The van der Waals surface area contributed by atoms with Gasteiger partial charge < -0.3 is 15.4 Å². The Labute approximate surface area is 127 Å². The molecule has 4 heteroatoms. The second-order valence-electron chi connectivity index (χ2n) is 6.41. The van der Waals surface area contributed by atoms with E-state index >= 15 is 0 Å². The van der Waals surface area contributed by atoms with Gasteiger partial charge in [-0.15, -0.1) is 0 Å². The van der Waals surface area contributed by atoms with Gasteiger partial charge >= 0.3 is 0 Å². The second-order valence-corrected chi connectivity index (χ2v) is 6.41. The number of nitrogens with two attached hydrogens (primary N) is 1.